The van der Waals surface area contributed by atoms with Crippen molar-refractivity contribution in [1.29, 1.82) is 0 Å². The van der Waals surface area contributed by atoms with E-state index in [9.17, 15) is 4.79 Å². The molecule has 2 amide bonds. The molecule has 0 aliphatic heterocycles. The van der Waals surface area contributed by atoms with Crippen LogP contribution in [0.1, 0.15) is 16.7 Å². The van der Waals surface area contributed by atoms with Crippen LogP contribution in [-0.2, 0) is 0 Å². The minimum absolute atomic E-state index is 0.278. The number of urea groups is 1. The van der Waals surface area contributed by atoms with Crippen LogP contribution in [0.4, 0.5) is 21.9 Å². The predicted molar refractivity (Wildman–Crippen MR) is 84.1 cm³/mol. The Kier molecular flexibility index (Phi) is 3.94. The van der Waals surface area contributed by atoms with Crippen LogP contribution >= 0.6 is 0 Å². The third-order valence-electron chi connectivity index (χ3n) is 3.17. The molecular weight excluding hydrogens is 250 g/mol. The second-order valence-electron chi connectivity index (χ2n) is 4.97. The summed E-state index contributed by atoms with van der Waals surface area (Å²) in [5, 5.41) is 5.60. The number of nitrogens with one attached hydrogen (secondary N) is 2. The second-order valence-corrected chi connectivity index (χ2v) is 4.97. The Morgan fingerprint density at radius 3 is 2.25 bits per heavy atom. The van der Waals surface area contributed by atoms with Gasteiger partial charge in [-0.3, -0.25) is 0 Å². The van der Waals surface area contributed by atoms with E-state index in [-0.39, 0.29) is 6.03 Å². The fraction of sp³-hybridized carbons (Fsp3) is 0.188. The minimum Gasteiger partial charge on any atom is -0.398 e. The summed E-state index contributed by atoms with van der Waals surface area (Å²) in [6.45, 7) is 5.88. The lowest BCUT2D eigenvalue weighted by atomic mass is 10.1. The van der Waals surface area contributed by atoms with Crippen molar-refractivity contribution in [2.24, 2.45) is 0 Å². The predicted octanol–water partition coefficient (Wildman–Crippen LogP) is 3.84. The number of amides is 2. The molecular formula is C16H19N3O. The summed E-state index contributed by atoms with van der Waals surface area (Å²) in [6, 6.07) is 11.1. The first kappa shape index (κ1) is 13.9. The number of hydrogen-bond donors (Lipinski definition) is 3. The van der Waals surface area contributed by atoms with E-state index in [0.717, 1.165) is 28.1 Å². The molecule has 4 N–H and O–H groups in total. The van der Waals surface area contributed by atoms with Crippen molar-refractivity contribution in [3.63, 3.8) is 0 Å². The normalized spacial score (nSPS) is 10.2. The van der Waals surface area contributed by atoms with E-state index in [4.69, 9.17) is 5.73 Å². The number of aryl methyl sites for hydroxylation is 3. The van der Waals surface area contributed by atoms with Gasteiger partial charge >= 0.3 is 6.03 Å². The smallest absolute Gasteiger partial charge is 0.323 e. The third kappa shape index (κ3) is 3.29. The van der Waals surface area contributed by atoms with Crippen LogP contribution in [0.3, 0.4) is 0 Å². The number of nitrogen functional groups attached to an aromatic ring is 1. The number of nitrogens with two attached hydrogens (primary N) is 1. The molecule has 0 heterocycles. The molecule has 0 aliphatic rings. The van der Waals surface area contributed by atoms with E-state index >= 15 is 0 Å². The van der Waals surface area contributed by atoms with Crippen LogP contribution < -0.4 is 16.4 Å². The van der Waals surface area contributed by atoms with Crippen LogP contribution in [0.15, 0.2) is 36.4 Å². The summed E-state index contributed by atoms with van der Waals surface area (Å²) < 4.78 is 0. The largest absolute Gasteiger partial charge is 0.398 e. The van der Waals surface area contributed by atoms with Gasteiger partial charge in [-0.05, 0) is 50.1 Å². The molecule has 0 unspecified atom stereocenters. The van der Waals surface area contributed by atoms with Crippen LogP contribution in [0, 0.1) is 20.8 Å². The molecule has 20 heavy (non-hydrogen) atoms. The van der Waals surface area contributed by atoms with E-state index in [1.165, 1.54) is 0 Å². The van der Waals surface area contributed by atoms with Gasteiger partial charge in [0.05, 0.1) is 0 Å². The standard InChI is InChI=1S/C16H19N3O/c1-10-4-6-13(7-5-10)18-16(20)19-15-9-14(17)11(2)8-12(15)3/h4-9H,17H2,1-3H3,(H2,18,19,20). The lowest BCUT2D eigenvalue weighted by molar-refractivity contribution is 0.262. The lowest BCUT2D eigenvalue weighted by Gasteiger charge is -2.12. The van der Waals surface area contributed by atoms with Gasteiger partial charge in [-0.2, -0.15) is 0 Å². The van der Waals surface area contributed by atoms with E-state index in [2.05, 4.69) is 10.6 Å². The summed E-state index contributed by atoms with van der Waals surface area (Å²) >= 11 is 0. The number of anilines is 3. The maximum absolute atomic E-state index is 12.0. The monoisotopic (exact) mass is 269 g/mol. The summed E-state index contributed by atoms with van der Waals surface area (Å²) in [5.74, 6) is 0. The van der Waals surface area contributed by atoms with E-state index < -0.39 is 0 Å². The first-order valence-electron chi connectivity index (χ1n) is 6.47. The molecule has 0 spiro atoms. The first-order valence-corrected chi connectivity index (χ1v) is 6.47. The fourth-order valence-electron chi connectivity index (χ4n) is 1.93. The van der Waals surface area contributed by atoms with Gasteiger partial charge in [-0.1, -0.05) is 23.8 Å². The Hall–Kier alpha value is -2.49. The van der Waals surface area contributed by atoms with E-state index in [1.54, 1.807) is 6.07 Å². The third-order valence-corrected chi connectivity index (χ3v) is 3.17. The van der Waals surface area contributed by atoms with Crippen molar-refractivity contribution in [3.8, 4) is 0 Å². The summed E-state index contributed by atoms with van der Waals surface area (Å²) in [7, 11) is 0. The molecule has 0 saturated heterocycles. The zero-order valence-corrected chi connectivity index (χ0v) is 11.9. The van der Waals surface area contributed by atoms with E-state index in [1.807, 2.05) is 51.1 Å². The zero-order chi connectivity index (χ0) is 14.7. The molecule has 0 aromatic heterocycles. The van der Waals surface area contributed by atoms with Crippen molar-refractivity contribution in [2.75, 3.05) is 16.4 Å². The van der Waals surface area contributed by atoms with Gasteiger partial charge in [0, 0.05) is 17.1 Å². The highest BCUT2D eigenvalue weighted by Gasteiger charge is 2.07. The van der Waals surface area contributed by atoms with Gasteiger partial charge in [0.1, 0.15) is 0 Å². The second kappa shape index (κ2) is 5.65. The highest BCUT2D eigenvalue weighted by Crippen LogP contribution is 2.22. The zero-order valence-electron chi connectivity index (χ0n) is 11.9. The van der Waals surface area contributed by atoms with Gasteiger partial charge in [-0.25, -0.2) is 4.79 Å². The number of rotatable bonds is 2. The van der Waals surface area contributed by atoms with Gasteiger partial charge in [0.25, 0.3) is 0 Å². The van der Waals surface area contributed by atoms with Crippen molar-refractivity contribution in [1.82, 2.24) is 0 Å². The molecule has 4 nitrogen and oxygen atoms in total. The molecule has 2 aromatic carbocycles. The van der Waals surface area contributed by atoms with Gasteiger partial charge in [0.15, 0.2) is 0 Å². The summed E-state index contributed by atoms with van der Waals surface area (Å²) in [4.78, 5) is 12.0. The number of carbonyl (C=O) groups excluding carboxylic acids is 1. The van der Waals surface area contributed by atoms with Crippen LogP contribution in [0.5, 0.6) is 0 Å². The maximum atomic E-state index is 12.0. The van der Waals surface area contributed by atoms with Crippen molar-refractivity contribution < 1.29 is 4.79 Å². The molecule has 0 bridgehead atoms. The van der Waals surface area contributed by atoms with Crippen molar-refractivity contribution in [2.45, 2.75) is 20.8 Å². The van der Waals surface area contributed by atoms with Gasteiger partial charge in [0.2, 0.25) is 0 Å². The Labute approximate surface area is 119 Å². The Bertz CT molecular complexity index is 633. The molecule has 0 aliphatic carbocycles. The highest BCUT2D eigenvalue weighted by atomic mass is 16.2. The van der Waals surface area contributed by atoms with Gasteiger partial charge in [-0.15, -0.1) is 0 Å². The quantitative estimate of drug-likeness (QED) is 0.725. The molecule has 0 radical (unpaired) electrons. The maximum Gasteiger partial charge on any atom is 0.323 e. The molecule has 0 saturated carbocycles. The van der Waals surface area contributed by atoms with Crippen molar-refractivity contribution in [3.05, 3.63) is 53.1 Å². The summed E-state index contributed by atoms with van der Waals surface area (Å²) in [6.07, 6.45) is 0. The SMILES string of the molecule is Cc1ccc(NC(=O)Nc2cc(N)c(C)cc2C)cc1. The fourth-order valence-corrected chi connectivity index (χ4v) is 1.93. The Morgan fingerprint density at radius 2 is 1.60 bits per heavy atom. The summed E-state index contributed by atoms with van der Waals surface area (Å²) in [5.41, 5.74) is 11.1. The lowest BCUT2D eigenvalue weighted by Crippen LogP contribution is -2.20. The average Bonchev–Trinajstić information content (AvgIpc) is 2.39. The Morgan fingerprint density at radius 1 is 0.950 bits per heavy atom. The molecule has 2 rings (SSSR count). The van der Waals surface area contributed by atoms with E-state index in [0.29, 0.717) is 5.69 Å². The molecule has 2 aromatic rings. The van der Waals surface area contributed by atoms with Crippen LogP contribution in [0.2, 0.25) is 0 Å². The number of carbonyl (C=O) groups is 1. The molecule has 0 fully saturated rings. The first-order chi connectivity index (χ1) is 9.45. The van der Waals surface area contributed by atoms with Crippen LogP contribution in [0.25, 0.3) is 0 Å². The number of hydrogen-bond acceptors (Lipinski definition) is 2. The average molecular weight is 269 g/mol. The minimum atomic E-state index is -0.278. The highest BCUT2D eigenvalue weighted by molar-refractivity contribution is 6.00. The van der Waals surface area contributed by atoms with Crippen LogP contribution in [-0.4, -0.2) is 6.03 Å². The van der Waals surface area contributed by atoms with Gasteiger partial charge < -0.3 is 16.4 Å². The Balaban J connectivity index is 2.08. The number of benzene rings is 2. The molecule has 0 atom stereocenters. The topological polar surface area (TPSA) is 67.2 Å². The van der Waals surface area contributed by atoms with Crippen molar-refractivity contribution >= 4 is 23.1 Å². The molecule has 104 valence electrons. The molecule has 4 heteroatoms.